The summed E-state index contributed by atoms with van der Waals surface area (Å²) in [7, 11) is 2.14. The molecule has 5 nitrogen and oxygen atoms in total. The smallest absolute Gasteiger partial charge is 0.328 e. The lowest BCUT2D eigenvalue weighted by Gasteiger charge is -2.31. The summed E-state index contributed by atoms with van der Waals surface area (Å²) in [6.07, 6.45) is 2.79. The van der Waals surface area contributed by atoms with Gasteiger partial charge in [-0.25, -0.2) is 9.78 Å². The third-order valence-electron chi connectivity index (χ3n) is 3.21. The molecule has 104 valence electrons. The van der Waals surface area contributed by atoms with Crippen LogP contribution in [0, 0.1) is 6.92 Å². The number of hydrogen-bond donors (Lipinski definition) is 1. The molecule has 1 aliphatic heterocycles. The van der Waals surface area contributed by atoms with Crippen molar-refractivity contribution >= 4 is 23.4 Å². The van der Waals surface area contributed by atoms with E-state index in [2.05, 4.69) is 21.8 Å². The molecule has 19 heavy (non-hydrogen) atoms. The first-order chi connectivity index (χ1) is 9.04. The number of carbonyl (C=O) groups is 1. The summed E-state index contributed by atoms with van der Waals surface area (Å²) in [6.45, 7) is 7.10. The van der Waals surface area contributed by atoms with E-state index in [0.29, 0.717) is 0 Å². The minimum atomic E-state index is -0.923. The first-order valence-corrected chi connectivity index (χ1v) is 7.14. The quantitative estimate of drug-likeness (QED) is 0.843. The summed E-state index contributed by atoms with van der Waals surface area (Å²) in [4.78, 5) is 20.7. The van der Waals surface area contributed by atoms with Crippen LogP contribution < -0.4 is 0 Å². The second-order valence-corrected chi connectivity index (χ2v) is 5.92. The number of likely N-dealkylation sites (N-methyl/N-ethyl adjacent to an activating group) is 1. The molecule has 1 N–H and O–H groups in total. The molecular formula is C13H19N3O2S. The van der Waals surface area contributed by atoms with Crippen LogP contribution in [0.3, 0.4) is 0 Å². The van der Waals surface area contributed by atoms with Gasteiger partial charge in [0.25, 0.3) is 0 Å². The third kappa shape index (κ3) is 4.12. The fourth-order valence-corrected chi connectivity index (χ4v) is 3.05. The maximum atomic E-state index is 10.5. The number of piperazine rings is 1. The number of hydrogen-bond acceptors (Lipinski definition) is 5. The Balaban J connectivity index is 1.98. The Morgan fingerprint density at radius 3 is 2.74 bits per heavy atom. The number of aliphatic carboxylic acids is 1. The zero-order valence-corrected chi connectivity index (χ0v) is 12.1. The van der Waals surface area contributed by atoms with Crippen molar-refractivity contribution < 1.29 is 9.90 Å². The maximum Gasteiger partial charge on any atom is 0.328 e. The number of carboxylic acid groups (broad SMARTS) is 1. The zero-order chi connectivity index (χ0) is 13.8. The molecule has 1 aliphatic rings. The fraction of sp³-hybridized carbons (Fsp3) is 0.538. The van der Waals surface area contributed by atoms with Crippen molar-refractivity contribution in [1.29, 1.82) is 0 Å². The van der Waals surface area contributed by atoms with Crippen molar-refractivity contribution in [3.63, 3.8) is 0 Å². The summed E-state index contributed by atoms with van der Waals surface area (Å²) < 4.78 is 0. The van der Waals surface area contributed by atoms with Gasteiger partial charge < -0.3 is 10.0 Å². The fourth-order valence-electron chi connectivity index (χ4n) is 2.03. The van der Waals surface area contributed by atoms with Gasteiger partial charge in [0.1, 0.15) is 5.01 Å². The van der Waals surface area contributed by atoms with Crippen molar-refractivity contribution in [2.75, 3.05) is 33.2 Å². The Kier molecular flexibility index (Phi) is 4.68. The standard InChI is InChI=1S/C13H19N3O2S/c1-10-11(3-4-13(17)18)19-12(14-10)9-16-7-5-15(2)6-8-16/h3-4H,5-9H2,1-2H3,(H,17,18)/b4-3+. The lowest BCUT2D eigenvalue weighted by molar-refractivity contribution is -0.131. The summed E-state index contributed by atoms with van der Waals surface area (Å²) in [5.74, 6) is -0.923. The van der Waals surface area contributed by atoms with E-state index in [-0.39, 0.29) is 0 Å². The molecular weight excluding hydrogens is 262 g/mol. The number of thiazole rings is 1. The monoisotopic (exact) mass is 281 g/mol. The van der Waals surface area contributed by atoms with Crippen LogP contribution in [0.5, 0.6) is 0 Å². The van der Waals surface area contributed by atoms with Crippen molar-refractivity contribution in [3.8, 4) is 0 Å². The molecule has 1 saturated heterocycles. The Labute approximate surface area is 117 Å². The van der Waals surface area contributed by atoms with E-state index < -0.39 is 5.97 Å². The SMILES string of the molecule is Cc1nc(CN2CCN(C)CC2)sc1/C=C/C(=O)O. The molecule has 0 spiro atoms. The average molecular weight is 281 g/mol. The number of carboxylic acids is 1. The predicted octanol–water partition coefficient (Wildman–Crippen LogP) is 1.30. The molecule has 0 radical (unpaired) electrons. The van der Waals surface area contributed by atoms with Gasteiger partial charge in [0.15, 0.2) is 0 Å². The molecule has 0 amide bonds. The van der Waals surface area contributed by atoms with Crippen LogP contribution >= 0.6 is 11.3 Å². The van der Waals surface area contributed by atoms with E-state index in [1.54, 1.807) is 17.4 Å². The third-order valence-corrected chi connectivity index (χ3v) is 4.32. The lowest BCUT2D eigenvalue weighted by atomic mass is 10.3. The summed E-state index contributed by atoms with van der Waals surface area (Å²) in [5.41, 5.74) is 0.909. The predicted molar refractivity (Wildman–Crippen MR) is 76.3 cm³/mol. The van der Waals surface area contributed by atoms with Gasteiger partial charge in [-0.1, -0.05) is 0 Å². The topological polar surface area (TPSA) is 56.7 Å². The van der Waals surface area contributed by atoms with Crippen LogP contribution in [0.15, 0.2) is 6.08 Å². The number of aryl methyl sites for hydroxylation is 1. The number of aromatic nitrogens is 1. The molecule has 0 unspecified atom stereocenters. The first-order valence-electron chi connectivity index (χ1n) is 6.33. The molecule has 1 aromatic heterocycles. The second-order valence-electron chi connectivity index (χ2n) is 4.81. The molecule has 1 aromatic rings. The lowest BCUT2D eigenvalue weighted by Crippen LogP contribution is -2.43. The molecule has 0 aliphatic carbocycles. The highest BCUT2D eigenvalue weighted by atomic mass is 32.1. The Bertz CT molecular complexity index is 476. The maximum absolute atomic E-state index is 10.5. The molecule has 0 atom stereocenters. The molecule has 0 saturated carbocycles. The van der Waals surface area contributed by atoms with Crippen molar-refractivity contribution in [1.82, 2.24) is 14.8 Å². The van der Waals surface area contributed by atoms with Gasteiger partial charge in [0, 0.05) is 32.3 Å². The van der Waals surface area contributed by atoms with Crippen molar-refractivity contribution in [2.24, 2.45) is 0 Å². The largest absolute Gasteiger partial charge is 0.478 e. The normalized spacial score (nSPS) is 18.2. The molecule has 0 bridgehead atoms. The molecule has 1 fully saturated rings. The van der Waals surface area contributed by atoms with Crippen LogP contribution in [-0.4, -0.2) is 59.1 Å². The first kappa shape index (κ1) is 14.2. The Hall–Kier alpha value is -1.24. The van der Waals surface area contributed by atoms with Crippen LogP contribution in [-0.2, 0) is 11.3 Å². The Morgan fingerprint density at radius 1 is 1.42 bits per heavy atom. The van der Waals surface area contributed by atoms with Gasteiger partial charge in [-0.05, 0) is 20.0 Å². The highest BCUT2D eigenvalue weighted by molar-refractivity contribution is 7.12. The van der Waals surface area contributed by atoms with Crippen LogP contribution in [0.25, 0.3) is 6.08 Å². The number of rotatable bonds is 4. The van der Waals surface area contributed by atoms with E-state index in [9.17, 15) is 4.79 Å². The van der Waals surface area contributed by atoms with Crippen molar-refractivity contribution in [2.45, 2.75) is 13.5 Å². The minimum Gasteiger partial charge on any atom is -0.478 e. The summed E-state index contributed by atoms with van der Waals surface area (Å²) >= 11 is 1.58. The zero-order valence-electron chi connectivity index (χ0n) is 11.3. The summed E-state index contributed by atoms with van der Waals surface area (Å²) in [6, 6.07) is 0. The molecule has 2 heterocycles. The van der Waals surface area contributed by atoms with E-state index in [0.717, 1.165) is 48.3 Å². The average Bonchev–Trinajstić information content (AvgIpc) is 2.70. The van der Waals surface area contributed by atoms with Crippen molar-refractivity contribution in [3.05, 3.63) is 21.7 Å². The molecule has 2 rings (SSSR count). The van der Waals surface area contributed by atoms with Crippen LogP contribution in [0.4, 0.5) is 0 Å². The Morgan fingerprint density at radius 2 is 2.11 bits per heavy atom. The highest BCUT2D eigenvalue weighted by Gasteiger charge is 2.16. The van der Waals surface area contributed by atoms with E-state index in [1.165, 1.54) is 6.08 Å². The van der Waals surface area contributed by atoms with Crippen LogP contribution in [0.2, 0.25) is 0 Å². The highest BCUT2D eigenvalue weighted by Crippen LogP contribution is 2.21. The van der Waals surface area contributed by atoms with E-state index >= 15 is 0 Å². The second kappa shape index (κ2) is 6.27. The summed E-state index contributed by atoms with van der Waals surface area (Å²) in [5, 5.41) is 9.71. The molecule has 0 aromatic carbocycles. The minimum absolute atomic E-state index is 0.861. The number of nitrogens with zero attached hydrogens (tertiary/aromatic N) is 3. The van der Waals surface area contributed by atoms with E-state index in [4.69, 9.17) is 5.11 Å². The van der Waals surface area contributed by atoms with Gasteiger partial charge in [-0.15, -0.1) is 11.3 Å². The van der Waals surface area contributed by atoms with Gasteiger partial charge in [0.05, 0.1) is 17.1 Å². The van der Waals surface area contributed by atoms with Gasteiger partial charge in [-0.3, -0.25) is 4.90 Å². The van der Waals surface area contributed by atoms with Crippen LogP contribution in [0.1, 0.15) is 15.6 Å². The van der Waals surface area contributed by atoms with E-state index in [1.807, 2.05) is 6.92 Å². The van der Waals surface area contributed by atoms with Gasteiger partial charge in [0.2, 0.25) is 0 Å². The van der Waals surface area contributed by atoms with Gasteiger partial charge >= 0.3 is 5.97 Å². The molecule has 6 heteroatoms. The van der Waals surface area contributed by atoms with Gasteiger partial charge in [-0.2, -0.15) is 0 Å².